The van der Waals surface area contributed by atoms with Crippen LogP contribution in [0.3, 0.4) is 0 Å². The zero-order valence-corrected chi connectivity index (χ0v) is 15.3. The maximum atomic E-state index is 12.9. The van der Waals surface area contributed by atoms with Crippen molar-refractivity contribution in [3.05, 3.63) is 59.2 Å². The molecule has 2 aromatic rings. The summed E-state index contributed by atoms with van der Waals surface area (Å²) in [7, 11) is 0. The second-order valence-corrected chi connectivity index (χ2v) is 6.23. The minimum Gasteiger partial charge on any atom is -0.482 e. The molecular formula is C20H20F3NO4. The Kier molecular flexibility index (Phi) is 6.66. The highest BCUT2D eigenvalue weighted by molar-refractivity contribution is 5.96. The average molecular weight is 395 g/mol. The summed E-state index contributed by atoms with van der Waals surface area (Å²) < 4.78 is 43.9. The molecule has 28 heavy (non-hydrogen) atoms. The van der Waals surface area contributed by atoms with Crippen molar-refractivity contribution >= 4 is 17.6 Å². The molecule has 0 radical (unpaired) electrons. The Hall–Kier alpha value is -3.03. The number of rotatable bonds is 7. The molecule has 0 saturated heterocycles. The Labute approximate surface area is 160 Å². The number of hydrogen-bond acceptors (Lipinski definition) is 3. The van der Waals surface area contributed by atoms with Gasteiger partial charge in [-0.15, -0.1) is 0 Å². The molecule has 0 bridgehead atoms. The maximum Gasteiger partial charge on any atom is 0.416 e. The second-order valence-electron chi connectivity index (χ2n) is 6.23. The van der Waals surface area contributed by atoms with E-state index < -0.39 is 36.1 Å². The predicted molar refractivity (Wildman–Crippen MR) is 97.4 cm³/mol. The Balaban J connectivity index is 2.17. The summed E-state index contributed by atoms with van der Waals surface area (Å²) >= 11 is 0. The number of anilines is 1. The van der Waals surface area contributed by atoms with Gasteiger partial charge < -0.3 is 15.2 Å². The molecule has 2 rings (SSSR count). The molecule has 8 heteroatoms. The van der Waals surface area contributed by atoms with Crippen LogP contribution in [0.25, 0.3) is 0 Å². The number of aryl methyl sites for hydroxylation is 1. The molecule has 0 saturated carbocycles. The van der Waals surface area contributed by atoms with E-state index in [0.717, 1.165) is 12.1 Å². The molecule has 0 aromatic heterocycles. The van der Waals surface area contributed by atoms with Gasteiger partial charge in [0.15, 0.2) is 6.61 Å². The van der Waals surface area contributed by atoms with Crippen LogP contribution in [0, 0.1) is 6.92 Å². The number of amides is 1. The van der Waals surface area contributed by atoms with Gasteiger partial charge >= 0.3 is 12.1 Å². The number of ether oxygens (including phenoxy) is 1. The third-order valence-electron chi connectivity index (χ3n) is 4.16. The lowest BCUT2D eigenvalue weighted by molar-refractivity contribution is -0.139. The van der Waals surface area contributed by atoms with E-state index in [0.29, 0.717) is 23.4 Å². The van der Waals surface area contributed by atoms with E-state index in [9.17, 15) is 22.8 Å². The first-order chi connectivity index (χ1) is 13.1. The lowest BCUT2D eigenvalue weighted by Gasteiger charge is -2.18. The predicted octanol–water partition coefficient (Wildman–Crippen LogP) is 4.61. The maximum absolute atomic E-state index is 12.9. The number of halogens is 3. The van der Waals surface area contributed by atoms with Gasteiger partial charge in [0.2, 0.25) is 5.91 Å². The van der Waals surface area contributed by atoms with Crippen LogP contribution in [0.5, 0.6) is 5.75 Å². The largest absolute Gasteiger partial charge is 0.482 e. The summed E-state index contributed by atoms with van der Waals surface area (Å²) in [4.78, 5) is 23.2. The van der Waals surface area contributed by atoms with Crippen molar-refractivity contribution in [2.24, 2.45) is 0 Å². The number of nitrogens with one attached hydrogen (secondary N) is 1. The number of carbonyl (C=O) groups excluding carboxylic acids is 1. The van der Waals surface area contributed by atoms with Crippen molar-refractivity contribution in [2.45, 2.75) is 32.4 Å². The molecule has 1 amide bonds. The summed E-state index contributed by atoms with van der Waals surface area (Å²) in [5, 5.41) is 11.3. The van der Waals surface area contributed by atoms with E-state index in [-0.39, 0.29) is 5.56 Å². The van der Waals surface area contributed by atoms with Crippen LogP contribution < -0.4 is 10.1 Å². The van der Waals surface area contributed by atoms with Gasteiger partial charge in [0.1, 0.15) is 5.75 Å². The van der Waals surface area contributed by atoms with Crippen molar-refractivity contribution in [2.75, 3.05) is 11.9 Å². The van der Waals surface area contributed by atoms with Gasteiger partial charge in [-0.25, -0.2) is 4.79 Å². The number of carboxylic acid groups (broad SMARTS) is 1. The van der Waals surface area contributed by atoms with E-state index in [4.69, 9.17) is 9.84 Å². The van der Waals surface area contributed by atoms with E-state index in [1.807, 2.05) is 0 Å². The smallest absolute Gasteiger partial charge is 0.416 e. The van der Waals surface area contributed by atoms with Gasteiger partial charge in [0, 0.05) is 5.69 Å². The third-order valence-corrected chi connectivity index (χ3v) is 4.16. The zero-order valence-electron chi connectivity index (χ0n) is 15.3. The minimum absolute atomic E-state index is 0.286. The van der Waals surface area contributed by atoms with E-state index in [1.165, 1.54) is 18.2 Å². The Morgan fingerprint density at radius 1 is 1.18 bits per heavy atom. The van der Waals surface area contributed by atoms with Crippen LogP contribution in [0.1, 0.15) is 36.0 Å². The second kappa shape index (κ2) is 8.77. The van der Waals surface area contributed by atoms with Gasteiger partial charge in [-0.1, -0.05) is 25.1 Å². The van der Waals surface area contributed by atoms with E-state index >= 15 is 0 Å². The first kappa shape index (κ1) is 21.3. The van der Waals surface area contributed by atoms with Crippen LogP contribution in [-0.2, 0) is 15.8 Å². The molecule has 0 spiro atoms. The topological polar surface area (TPSA) is 75.6 Å². The molecule has 1 unspecified atom stereocenters. The third kappa shape index (κ3) is 5.48. The number of aliphatic carboxylic acids is 1. The first-order valence-corrected chi connectivity index (χ1v) is 8.55. The van der Waals surface area contributed by atoms with Crippen molar-refractivity contribution in [1.29, 1.82) is 0 Å². The average Bonchev–Trinajstić information content (AvgIpc) is 2.62. The highest BCUT2D eigenvalue weighted by atomic mass is 19.4. The zero-order chi connectivity index (χ0) is 20.9. The fraction of sp³-hybridized carbons (Fsp3) is 0.300. The molecule has 1 atom stereocenters. The molecule has 2 N–H and O–H groups in total. The summed E-state index contributed by atoms with van der Waals surface area (Å²) in [6, 6.07) is 9.38. The number of benzene rings is 2. The summed E-state index contributed by atoms with van der Waals surface area (Å²) in [6.07, 6.45) is -4.15. The highest BCUT2D eigenvalue weighted by Crippen LogP contribution is 2.32. The van der Waals surface area contributed by atoms with Crippen LogP contribution in [0.4, 0.5) is 18.9 Å². The van der Waals surface area contributed by atoms with Crippen molar-refractivity contribution in [3.8, 4) is 5.75 Å². The fourth-order valence-electron chi connectivity index (χ4n) is 2.74. The molecule has 2 aromatic carbocycles. The molecule has 5 nitrogen and oxygen atoms in total. The van der Waals surface area contributed by atoms with E-state index in [2.05, 4.69) is 5.32 Å². The Morgan fingerprint density at radius 2 is 1.89 bits per heavy atom. The summed E-state index contributed by atoms with van der Waals surface area (Å²) in [6.45, 7) is 2.94. The minimum atomic E-state index is -4.48. The lowest BCUT2D eigenvalue weighted by atomic mass is 9.93. The highest BCUT2D eigenvalue weighted by Gasteiger charge is 2.31. The van der Waals surface area contributed by atoms with E-state index in [1.54, 1.807) is 26.0 Å². The lowest BCUT2D eigenvalue weighted by Crippen LogP contribution is -2.21. The normalized spacial score (nSPS) is 12.3. The first-order valence-electron chi connectivity index (χ1n) is 8.55. The van der Waals surface area contributed by atoms with Crippen molar-refractivity contribution < 1.29 is 32.6 Å². The summed E-state index contributed by atoms with van der Waals surface area (Å²) in [5.41, 5.74) is 0.592. The monoisotopic (exact) mass is 395 g/mol. The number of alkyl halides is 3. The van der Waals surface area contributed by atoms with Crippen LogP contribution >= 0.6 is 0 Å². The number of carbonyl (C=O) groups is 2. The molecule has 0 aliphatic carbocycles. The fourth-order valence-corrected chi connectivity index (χ4v) is 2.74. The Bertz CT molecular complexity index is 865. The molecule has 150 valence electrons. The SMILES string of the molecule is CCC(C(=O)Nc1ccc(OCC(=O)O)cc1C)c1cccc(C(F)(F)F)c1. The van der Waals surface area contributed by atoms with Crippen LogP contribution in [0.2, 0.25) is 0 Å². The Morgan fingerprint density at radius 3 is 2.46 bits per heavy atom. The molecule has 0 fully saturated rings. The van der Waals surface area contributed by atoms with Crippen molar-refractivity contribution in [3.63, 3.8) is 0 Å². The van der Waals surface area contributed by atoms with Gasteiger partial charge in [-0.05, 0) is 48.7 Å². The molecule has 0 aliphatic rings. The molecule has 0 aliphatic heterocycles. The van der Waals surface area contributed by atoms with Crippen LogP contribution in [0.15, 0.2) is 42.5 Å². The standard InChI is InChI=1S/C20H20F3NO4/c1-3-16(13-5-4-6-14(10-13)20(21,22)23)19(27)24-17-8-7-15(9-12(17)2)28-11-18(25)26/h4-10,16H,3,11H2,1-2H3,(H,24,27)(H,25,26). The van der Waals surface area contributed by atoms with Gasteiger partial charge in [-0.2, -0.15) is 13.2 Å². The molecule has 0 heterocycles. The quantitative estimate of drug-likeness (QED) is 0.718. The summed E-state index contributed by atoms with van der Waals surface area (Å²) in [5.74, 6) is -1.95. The number of hydrogen-bond donors (Lipinski definition) is 2. The van der Waals surface area contributed by atoms with Gasteiger partial charge in [0.25, 0.3) is 0 Å². The van der Waals surface area contributed by atoms with Crippen molar-refractivity contribution in [1.82, 2.24) is 0 Å². The number of carboxylic acids is 1. The molecular weight excluding hydrogens is 375 g/mol. The van der Waals surface area contributed by atoms with Gasteiger partial charge in [-0.3, -0.25) is 4.79 Å². The van der Waals surface area contributed by atoms with Crippen LogP contribution in [-0.4, -0.2) is 23.6 Å². The van der Waals surface area contributed by atoms with Gasteiger partial charge in [0.05, 0.1) is 11.5 Å².